The summed E-state index contributed by atoms with van der Waals surface area (Å²) in [5.74, 6) is 0. The fourth-order valence-electron chi connectivity index (χ4n) is 2.58. The third-order valence-electron chi connectivity index (χ3n) is 4.05. The Morgan fingerprint density at radius 3 is 1.27 bits per heavy atom. The Bertz CT molecular complexity index is 705. The minimum absolute atomic E-state index is 0.705. The van der Waals surface area contributed by atoms with Crippen molar-refractivity contribution >= 4 is 69.2 Å². The van der Waals surface area contributed by atoms with Gasteiger partial charge in [0.15, 0.2) is 10.2 Å². The molecule has 2 aromatic rings. The first-order valence-corrected chi connectivity index (χ1v) is 9.71. The molecular weight excluding hydrogens is 407 g/mol. The molecule has 4 nitrogen and oxygen atoms in total. The second-order valence-corrected chi connectivity index (χ2v) is 7.49. The van der Waals surface area contributed by atoms with Crippen LogP contribution in [0.1, 0.15) is 0 Å². The van der Waals surface area contributed by atoms with Crippen molar-refractivity contribution in [2.24, 2.45) is 0 Å². The second kappa shape index (κ2) is 8.86. The highest BCUT2D eigenvalue weighted by Gasteiger charge is 2.20. The van der Waals surface area contributed by atoms with Crippen molar-refractivity contribution in [3.63, 3.8) is 0 Å². The van der Waals surface area contributed by atoms with Crippen LogP contribution in [-0.2, 0) is 0 Å². The molecule has 8 heteroatoms. The highest BCUT2D eigenvalue weighted by molar-refractivity contribution is 7.80. The number of thiocarbonyl (C=S) groups is 2. The summed E-state index contributed by atoms with van der Waals surface area (Å²) in [5, 5.41) is 9.33. The van der Waals surface area contributed by atoms with Gasteiger partial charge in [0.25, 0.3) is 0 Å². The molecule has 0 aliphatic carbocycles. The van der Waals surface area contributed by atoms with Crippen molar-refractivity contribution in [1.82, 2.24) is 9.80 Å². The first kappa shape index (κ1) is 19.2. The Labute approximate surface area is 174 Å². The molecule has 0 saturated carbocycles. The minimum Gasteiger partial charge on any atom is -0.345 e. The van der Waals surface area contributed by atoms with Crippen LogP contribution in [0, 0.1) is 0 Å². The summed E-state index contributed by atoms with van der Waals surface area (Å²) >= 11 is 22.8. The number of halogens is 2. The summed E-state index contributed by atoms with van der Waals surface area (Å²) in [5.41, 5.74) is 1.86. The van der Waals surface area contributed by atoms with E-state index >= 15 is 0 Å². The van der Waals surface area contributed by atoms with Crippen LogP contribution in [-0.4, -0.2) is 46.2 Å². The molecule has 136 valence electrons. The number of rotatable bonds is 2. The number of hydrogen-bond donors (Lipinski definition) is 2. The number of benzene rings is 2. The van der Waals surface area contributed by atoms with Crippen LogP contribution < -0.4 is 10.6 Å². The molecule has 2 N–H and O–H groups in total. The highest BCUT2D eigenvalue weighted by atomic mass is 35.5. The summed E-state index contributed by atoms with van der Waals surface area (Å²) in [6, 6.07) is 15.0. The van der Waals surface area contributed by atoms with Crippen LogP contribution in [0.5, 0.6) is 0 Å². The van der Waals surface area contributed by atoms with Gasteiger partial charge in [-0.2, -0.15) is 0 Å². The van der Waals surface area contributed by atoms with E-state index in [-0.39, 0.29) is 0 Å². The van der Waals surface area contributed by atoms with E-state index in [0.717, 1.165) is 37.6 Å². The summed E-state index contributed by atoms with van der Waals surface area (Å²) < 4.78 is 0. The lowest BCUT2D eigenvalue weighted by molar-refractivity contribution is 0.264. The molecule has 0 amide bonds. The zero-order valence-corrected chi connectivity index (χ0v) is 17.1. The van der Waals surface area contributed by atoms with Crippen LogP contribution >= 0.6 is 47.6 Å². The standard InChI is InChI=1S/C18H18Cl2N4S2/c19-13-1-5-15(6-2-13)21-17(25)23-9-11-24(12-10-23)18(26)22-16-7-3-14(20)4-8-16/h1-8H,9-12H2,(H,21,25)(H,22,26). The third kappa shape index (κ3) is 5.20. The molecule has 0 bridgehead atoms. The van der Waals surface area contributed by atoms with Crippen LogP contribution in [0.3, 0.4) is 0 Å². The zero-order valence-electron chi connectivity index (χ0n) is 13.9. The van der Waals surface area contributed by atoms with Gasteiger partial charge in [-0.3, -0.25) is 0 Å². The molecule has 1 aliphatic heterocycles. The lowest BCUT2D eigenvalue weighted by atomic mass is 10.3. The SMILES string of the molecule is S=C(Nc1ccc(Cl)cc1)N1CCN(C(=S)Nc2ccc(Cl)cc2)CC1. The Kier molecular flexibility index (Phi) is 6.53. The summed E-state index contributed by atoms with van der Waals surface area (Å²) in [6.07, 6.45) is 0. The molecule has 2 aromatic carbocycles. The molecule has 1 heterocycles. The first-order valence-electron chi connectivity index (χ1n) is 8.14. The number of anilines is 2. The predicted molar refractivity (Wildman–Crippen MR) is 118 cm³/mol. The Hall–Kier alpha value is -1.60. The van der Waals surface area contributed by atoms with E-state index in [1.165, 1.54) is 0 Å². The monoisotopic (exact) mass is 424 g/mol. The largest absolute Gasteiger partial charge is 0.345 e. The first-order chi connectivity index (χ1) is 12.5. The molecule has 1 fully saturated rings. The van der Waals surface area contributed by atoms with Crippen LogP contribution in [0.4, 0.5) is 11.4 Å². The van der Waals surface area contributed by atoms with E-state index in [1.54, 1.807) is 0 Å². The fourth-order valence-corrected chi connectivity index (χ4v) is 3.44. The zero-order chi connectivity index (χ0) is 18.5. The molecule has 0 aromatic heterocycles. The number of nitrogens with one attached hydrogen (secondary N) is 2. The van der Waals surface area contributed by atoms with Gasteiger partial charge in [0, 0.05) is 47.6 Å². The molecule has 0 radical (unpaired) electrons. The Balaban J connectivity index is 1.48. The smallest absolute Gasteiger partial charge is 0.173 e. The van der Waals surface area contributed by atoms with Gasteiger partial charge < -0.3 is 20.4 Å². The minimum atomic E-state index is 0.705. The topological polar surface area (TPSA) is 30.5 Å². The summed E-state index contributed by atoms with van der Waals surface area (Å²) in [7, 11) is 0. The normalized spacial score (nSPS) is 14.1. The Morgan fingerprint density at radius 2 is 0.962 bits per heavy atom. The maximum atomic E-state index is 5.91. The van der Waals surface area contributed by atoms with E-state index in [9.17, 15) is 0 Å². The third-order valence-corrected chi connectivity index (χ3v) is 5.27. The van der Waals surface area contributed by atoms with Gasteiger partial charge in [-0.1, -0.05) is 23.2 Å². The van der Waals surface area contributed by atoms with Gasteiger partial charge >= 0.3 is 0 Å². The van der Waals surface area contributed by atoms with E-state index in [2.05, 4.69) is 20.4 Å². The van der Waals surface area contributed by atoms with Crippen molar-refractivity contribution in [3.05, 3.63) is 58.6 Å². The lowest BCUT2D eigenvalue weighted by Crippen LogP contribution is -2.52. The van der Waals surface area contributed by atoms with Crippen molar-refractivity contribution < 1.29 is 0 Å². The number of hydrogen-bond acceptors (Lipinski definition) is 2. The van der Waals surface area contributed by atoms with Gasteiger partial charge in [0.05, 0.1) is 0 Å². The van der Waals surface area contributed by atoms with Gasteiger partial charge in [0.2, 0.25) is 0 Å². The van der Waals surface area contributed by atoms with Crippen LogP contribution in [0.15, 0.2) is 48.5 Å². The van der Waals surface area contributed by atoms with Gasteiger partial charge in [-0.25, -0.2) is 0 Å². The number of piperazine rings is 1. The lowest BCUT2D eigenvalue weighted by Gasteiger charge is -2.37. The maximum absolute atomic E-state index is 5.91. The van der Waals surface area contributed by atoms with Gasteiger partial charge in [-0.05, 0) is 73.0 Å². The molecule has 1 saturated heterocycles. The molecule has 3 rings (SSSR count). The molecule has 26 heavy (non-hydrogen) atoms. The van der Waals surface area contributed by atoms with Crippen molar-refractivity contribution in [3.8, 4) is 0 Å². The quantitative estimate of drug-likeness (QED) is 0.678. The van der Waals surface area contributed by atoms with Crippen molar-refractivity contribution in [1.29, 1.82) is 0 Å². The van der Waals surface area contributed by atoms with Crippen LogP contribution in [0.25, 0.3) is 0 Å². The average molecular weight is 425 g/mol. The maximum Gasteiger partial charge on any atom is 0.173 e. The van der Waals surface area contributed by atoms with Crippen molar-refractivity contribution in [2.75, 3.05) is 36.8 Å². The molecule has 1 aliphatic rings. The molecule has 0 spiro atoms. The van der Waals surface area contributed by atoms with E-state index in [0.29, 0.717) is 20.3 Å². The predicted octanol–water partition coefficient (Wildman–Crippen LogP) is 4.70. The van der Waals surface area contributed by atoms with E-state index in [4.69, 9.17) is 47.6 Å². The van der Waals surface area contributed by atoms with Crippen LogP contribution in [0.2, 0.25) is 10.0 Å². The summed E-state index contributed by atoms with van der Waals surface area (Å²) in [6.45, 7) is 3.23. The Morgan fingerprint density at radius 1 is 0.654 bits per heavy atom. The molecule has 0 unspecified atom stereocenters. The van der Waals surface area contributed by atoms with Crippen molar-refractivity contribution in [2.45, 2.75) is 0 Å². The highest BCUT2D eigenvalue weighted by Crippen LogP contribution is 2.16. The van der Waals surface area contributed by atoms with E-state index in [1.807, 2.05) is 48.5 Å². The van der Waals surface area contributed by atoms with Gasteiger partial charge in [0.1, 0.15) is 0 Å². The average Bonchev–Trinajstić information content (AvgIpc) is 2.65. The molecule has 0 atom stereocenters. The van der Waals surface area contributed by atoms with E-state index < -0.39 is 0 Å². The number of nitrogens with zero attached hydrogens (tertiary/aromatic N) is 2. The molecular formula is C18H18Cl2N4S2. The second-order valence-electron chi connectivity index (χ2n) is 5.85. The fraction of sp³-hybridized carbons (Fsp3) is 0.222. The summed E-state index contributed by atoms with van der Waals surface area (Å²) in [4.78, 5) is 4.29. The van der Waals surface area contributed by atoms with Gasteiger partial charge in [-0.15, -0.1) is 0 Å².